The molecule has 0 atom stereocenters. The van der Waals surface area contributed by atoms with E-state index in [1.807, 2.05) is 6.92 Å². The van der Waals surface area contributed by atoms with Crippen molar-refractivity contribution in [3.8, 4) is 0 Å². The van der Waals surface area contributed by atoms with Gasteiger partial charge in [0.1, 0.15) is 5.01 Å². The molecule has 0 saturated heterocycles. The van der Waals surface area contributed by atoms with E-state index in [0.29, 0.717) is 11.6 Å². The van der Waals surface area contributed by atoms with Gasteiger partial charge in [-0.05, 0) is 19.3 Å². The summed E-state index contributed by atoms with van der Waals surface area (Å²) < 4.78 is 0. The van der Waals surface area contributed by atoms with Crippen molar-refractivity contribution in [1.82, 2.24) is 10.2 Å². The number of carbonyl (C=O) groups is 1. The predicted octanol–water partition coefficient (Wildman–Crippen LogP) is 2.76. The average Bonchev–Trinajstić information content (AvgIpc) is 2.87. The molecule has 1 heterocycles. The minimum atomic E-state index is 0.0723. The molecule has 2 rings (SSSR count). The van der Waals surface area contributed by atoms with Crippen LogP contribution in [0.3, 0.4) is 0 Å². The van der Waals surface area contributed by atoms with Crippen molar-refractivity contribution in [1.29, 1.82) is 0 Å². The Morgan fingerprint density at radius 3 is 2.81 bits per heavy atom. The highest BCUT2D eigenvalue weighted by atomic mass is 32.1. The molecule has 1 aliphatic carbocycles. The average molecular weight is 239 g/mol. The van der Waals surface area contributed by atoms with Crippen LogP contribution < -0.4 is 5.32 Å². The van der Waals surface area contributed by atoms with E-state index in [0.717, 1.165) is 17.3 Å². The van der Waals surface area contributed by atoms with Gasteiger partial charge >= 0.3 is 0 Å². The van der Waals surface area contributed by atoms with Crippen LogP contribution in [0.5, 0.6) is 0 Å². The smallest absolute Gasteiger partial charge is 0.226 e. The number of aryl methyl sites for hydroxylation is 1. The number of carbonyl (C=O) groups excluding carboxylic acids is 1. The summed E-state index contributed by atoms with van der Waals surface area (Å²) in [5, 5.41) is 12.0. The maximum Gasteiger partial charge on any atom is 0.226 e. The largest absolute Gasteiger partial charge is 0.301 e. The second-order valence-corrected chi connectivity index (χ2v) is 5.55. The highest BCUT2D eigenvalue weighted by Gasteiger charge is 2.16. The normalized spacial score (nSPS) is 16.6. The SMILES string of the molecule is Cc1nnc(NC(=O)CCC2CCCC2)s1. The lowest BCUT2D eigenvalue weighted by atomic mass is 10.0. The van der Waals surface area contributed by atoms with Gasteiger partial charge in [0.2, 0.25) is 11.0 Å². The molecular formula is C11H17N3OS. The van der Waals surface area contributed by atoms with E-state index in [4.69, 9.17) is 0 Å². The summed E-state index contributed by atoms with van der Waals surface area (Å²) in [6.07, 6.45) is 6.90. The van der Waals surface area contributed by atoms with Crippen LogP contribution in [0.2, 0.25) is 0 Å². The highest BCUT2D eigenvalue weighted by Crippen LogP contribution is 2.28. The van der Waals surface area contributed by atoms with E-state index in [-0.39, 0.29) is 5.91 Å². The molecule has 4 nitrogen and oxygen atoms in total. The third-order valence-electron chi connectivity index (χ3n) is 3.03. The van der Waals surface area contributed by atoms with Crippen molar-refractivity contribution in [3.05, 3.63) is 5.01 Å². The molecule has 88 valence electrons. The Hall–Kier alpha value is -0.970. The number of nitrogens with one attached hydrogen (secondary N) is 1. The first kappa shape index (κ1) is 11.5. The second-order valence-electron chi connectivity index (χ2n) is 4.36. The van der Waals surface area contributed by atoms with Gasteiger partial charge in [-0.15, -0.1) is 10.2 Å². The topological polar surface area (TPSA) is 54.9 Å². The van der Waals surface area contributed by atoms with Crippen molar-refractivity contribution in [2.75, 3.05) is 5.32 Å². The molecule has 0 aliphatic heterocycles. The summed E-state index contributed by atoms with van der Waals surface area (Å²) in [6, 6.07) is 0. The molecule has 1 fully saturated rings. The first-order valence-electron chi connectivity index (χ1n) is 5.84. The summed E-state index contributed by atoms with van der Waals surface area (Å²) >= 11 is 1.42. The van der Waals surface area contributed by atoms with Gasteiger partial charge in [0.25, 0.3) is 0 Å². The van der Waals surface area contributed by atoms with E-state index in [1.165, 1.54) is 37.0 Å². The van der Waals surface area contributed by atoms with Crippen molar-refractivity contribution >= 4 is 22.4 Å². The fourth-order valence-electron chi connectivity index (χ4n) is 2.16. The Balaban J connectivity index is 1.71. The summed E-state index contributed by atoms with van der Waals surface area (Å²) in [4.78, 5) is 11.6. The molecular weight excluding hydrogens is 222 g/mol. The van der Waals surface area contributed by atoms with Gasteiger partial charge in [0.05, 0.1) is 0 Å². The van der Waals surface area contributed by atoms with Gasteiger partial charge in [0, 0.05) is 6.42 Å². The molecule has 1 aliphatic rings. The molecule has 0 radical (unpaired) electrons. The summed E-state index contributed by atoms with van der Waals surface area (Å²) in [6.45, 7) is 1.88. The van der Waals surface area contributed by atoms with Crippen LogP contribution in [0.15, 0.2) is 0 Å². The van der Waals surface area contributed by atoms with E-state index in [2.05, 4.69) is 15.5 Å². The Kier molecular flexibility index (Phi) is 3.88. The van der Waals surface area contributed by atoms with Gasteiger partial charge in [-0.1, -0.05) is 37.0 Å². The molecule has 1 aromatic rings. The van der Waals surface area contributed by atoms with Crippen LogP contribution in [0, 0.1) is 12.8 Å². The molecule has 0 unspecified atom stereocenters. The van der Waals surface area contributed by atoms with Crippen molar-refractivity contribution in [2.24, 2.45) is 5.92 Å². The molecule has 1 saturated carbocycles. The third kappa shape index (κ3) is 3.27. The maximum atomic E-state index is 11.6. The van der Waals surface area contributed by atoms with E-state index in [1.54, 1.807) is 0 Å². The van der Waals surface area contributed by atoms with E-state index < -0.39 is 0 Å². The van der Waals surface area contributed by atoms with Crippen molar-refractivity contribution in [2.45, 2.75) is 45.4 Å². The van der Waals surface area contributed by atoms with Gasteiger partial charge in [-0.2, -0.15) is 0 Å². The lowest BCUT2D eigenvalue weighted by Gasteiger charge is -2.07. The molecule has 0 spiro atoms. The minimum absolute atomic E-state index is 0.0723. The molecule has 1 N–H and O–H groups in total. The quantitative estimate of drug-likeness (QED) is 0.879. The first-order valence-corrected chi connectivity index (χ1v) is 6.65. The highest BCUT2D eigenvalue weighted by molar-refractivity contribution is 7.15. The Labute approximate surface area is 99.5 Å². The summed E-state index contributed by atoms with van der Waals surface area (Å²) in [5.41, 5.74) is 0. The fraction of sp³-hybridized carbons (Fsp3) is 0.727. The lowest BCUT2D eigenvalue weighted by molar-refractivity contribution is -0.116. The standard InChI is InChI=1S/C11H17N3OS/c1-8-13-14-11(16-8)12-10(15)7-6-9-4-2-3-5-9/h9H,2-7H2,1H3,(H,12,14,15). The van der Waals surface area contributed by atoms with Gasteiger partial charge in [0.15, 0.2) is 0 Å². The van der Waals surface area contributed by atoms with E-state index in [9.17, 15) is 4.79 Å². The van der Waals surface area contributed by atoms with Crippen LogP contribution in [0.25, 0.3) is 0 Å². The van der Waals surface area contributed by atoms with Crippen LogP contribution in [0.1, 0.15) is 43.5 Å². The van der Waals surface area contributed by atoms with Crippen molar-refractivity contribution in [3.63, 3.8) is 0 Å². The Morgan fingerprint density at radius 2 is 2.19 bits per heavy atom. The molecule has 16 heavy (non-hydrogen) atoms. The number of hydrogen-bond donors (Lipinski definition) is 1. The van der Waals surface area contributed by atoms with Crippen LogP contribution in [0.4, 0.5) is 5.13 Å². The van der Waals surface area contributed by atoms with Crippen LogP contribution >= 0.6 is 11.3 Å². The Bertz CT molecular complexity index is 358. The number of rotatable bonds is 4. The zero-order valence-electron chi connectivity index (χ0n) is 9.53. The van der Waals surface area contributed by atoms with E-state index >= 15 is 0 Å². The number of aromatic nitrogens is 2. The minimum Gasteiger partial charge on any atom is -0.301 e. The van der Waals surface area contributed by atoms with Gasteiger partial charge in [-0.3, -0.25) is 4.79 Å². The zero-order valence-corrected chi connectivity index (χ0v) is 10.3. The number of anilines is 1. The lowest BCUT2D eigenvalue weighted by Crippen LogP contribution is -2.12. The number of hydrogen-bond acceptors (Lipinski definition) is 4. The maximum absolute atomic E-state index is 11.6. The molecule has 0 aromatic carbocycles. The molecule has 1 amide bonds. The van der Waals surface area contributed by atoms with Crippen LogP contribution in [-0.4, -0.2) is 16.1 Å². The second kappa shape index (κ2) is 5.39. The first-order chi connectivity index (χ1) is 7.74. The number of amides is 1. The summed E-state index contributed by atoms with van der Waals surface area (Å²) in [5.74, 6) is 0.838. The Morgan fingerprint density at radius 1 is 1.44 bits per heavy atom. The predicted molar refractivity (Wildman–Crippen MR) is 64.5 cm³/mol. The van der Waals surface area contributed by atoms with Gasteiger partial charge in [-0.25, -0.2) is 0 Å². The number of nitrogens with zero attached hydrogens (tertiary/aromatic N) is 2. The third-order valence-corrected chi connectivity index (χ3v) is 3.78. The fourth-order valence-corrected chi connectivity index (χ4v) is 2.77. The van der Waals surface area contributed by atoms with Crippen LogP contribution in [-0.2, 0) is 4.79 Å². The van der Waals surface area contributed by atoms with Gasteiger partial charge < -0.3 is 5.32 Å². The molecule has 0 bridgehead atoms. The van der Waals surface area contributed by atoms with Crippen molar-refractivity contribution < 1.29 is 4.79 Å². The molecule has 5 heteroatoms. The summed E-state index contributed by atoms with van der Waals surface area (Å²) in [7, 11) is 0. The molecule has 1 aromatic heterocycles. The monoisotopic (exact) mass is 239 g/mol. The zero-order chi connectivity index (χ0) is 11.4.